The van der Waals surface area contributed by atoms with E-state index < -0.39 is 72.3 Å². The summed E-state index contributed by atoms with van der Waals surface area (Å²) in [7, 11) is 1.66. The molecule has 2 aromatic rings. The van der Waals surface area contributed by atoms with Crippen LogP contribution in [-0.4, -0.2) is 57.9 Å². The highest BCUT2D eigenvalue weighted by Gasteiger charge is 2.72. The maximum absolute atomic E-state index is 14.3. The van der Waals surface area contributed by atoms with Crippen LogP contribution in [0.3, 0.4) is 0 Å². The van der Waals surface area contributed by atoms with Gasteiger partial charge in [-0.15, -0.1) is 11.3 Å². The van der Waals surface area contributed by atoms with E-state index in [1.54, 1.807) is 16.3 Å². The third kappa shape index (κ3) is 5.73. The van der Waals surface area contributed by atoms with Gasteiger partial charge in [0.15, 0.2) is 5.69 Å². The van der Waals surface area contributed by atoms with Gasteiger partial charge in [0.25, 0.3) is 5.92 Å². The van der Waals surface area contributed by atoms with Gasteiger partial charge >= 0.3 is 12.1 Å². The number of likely N-dealkylation sites (N-methyl/N-ethyl adjacent to an activating group) is 1. The number of aromatic carboxylic acids is 1. The number of fused-ring (bicyclic) bond motifs is 2. The number of carboxylic acid groups (broad SMARTS) is 1. The van der Waals surface area contributed by atoms with E-state index in [9.17, 15) is 40.6 Å². The van der Waals surface area contributed by atoms with Crippen LogP contribution in [0.25, 0.3) is 0 Å². The number of benzene rings is 1. The summed E-state index contributed by atoms with van der Waals surface area (Å²) in [5.74, 6) is -9.25. The molecule has 40 heavy (non-hydrogen) atoms. The normalized spacial score (nSPS) is 26.3. The van der Waals surface area contributed by atoms with Crippen molar-refractivity contribution >= 4 is 34.9 Å². The van der Waals surface area contributed by atoms with Crippen LogP contribution in [0.2, 0.25) is 0 Å². The van der Waals surface area contributed by atoms with E-state index in [2.05, 4.69) is 4.98 Å². The Labute approximate surface area is 233 Å². The Bertz CT molecular complexity index is 1270. The van der Waals surface area contributed by atoms with Crippen molar-refractivity contribution in [2.45, 2.75) is 74.2 Å². The highest BCUT2D eigenvalue weighted by atomic mass is 32.2. The predicted molar refractivity (Wildman–Crippen MR) is 134 cm³/mol. The Kier molecular flexibility index (Phi) is 7.48. The van der Waals surface area contributed by atoms with Gasteiger partial charge in [0.05, 0.1) is 26.5 Å². The summed E-state index contributed by atoms with van der Waals surface area (Å²) in [4.78, 5) is 17.2. The van der Waals surface area contributed by atoms with E-state index in [4.69, 9.17) is 4.74 Å². The molecule has 3 unspecified atom stereocenters. The highest BCUT2D eigenvalue weighted by molar-refractivity contribution is 7.97. The summed E-state index contributed by atoms with van der Waals surface area (Å²) in [6.07, 6.45) is -5.04. The van der Waals surface area contributed by atoms with E-state index in [1.165, 1.54) is 11.6 Å². The maximum Gasteiger partial charge on any atom is 0.420 e. The van der Waals surface area contributed by atoms with Gasteiger partial charge in [0, 0.05) is 36.9 Å². The third-order valence-corrected chi connectivity index (χ3v) is 9.73. The number of hydrogen-bond donors (Lipinski definition) is 1. The van der Waals surface area contributed by atoms with Crippen molar-refractivity contribution in [3.8, 4) is 5.75 Å². The quantitative estimate of drug-likeness (QED) is 0.253. The average molecular weight is 614 g/mol. The van der Waals surface area contributed by atoms with Gasteiger partial charge < -0.3 is 14.7 Å². The first-order chi connectivity index (χ1) is 18.6. The number of nitrogens with zero attached hydrogens (tertiary/aromatic N) is 3. The Balaban J connectivity index is 1.50. The lowest BCUT2D eigenvalue weighted by Gasteiger charge is -2.36. The molecule has 2 aliphatic carbocycles. The zero-order valence-electron chi connectivity index (χ0n) is 21.4. The minimum absolute atomic E-state index is 0.0477. The molecule has 220 valence electrons. The van der Waals surface area contributed by atoms with Crippen LogP contribution in [0.5, 0.6) is 5.75 Å². The first-order valence-corrected chi connectivity index (χ1v) is 14.2. The van der Waals surface area contributed by atoms with Crippen LogP contribution < -0.4 is 9.64 Å². The minimum Gasteiger partial charge on any atom is -0.487 e. The van der Waals surface area contributed by atoms with Crippen molar-refractivity contribution in [1.29, 1.82) is 0 Å². The van der Waals surface area contributed by atoms with Crippen molar-refractivity contribution in [3.05, 3.63) is 33.8 Å². The molecule has 6 nitrogen and oxygen atoms in total. The van der Waals surface area contributed by atoms with Crippen LogP contribution in [0.1, 0.15) is 53.5 Å². The number of rotatable bonds is 8. The molecule has 0 bridgehead atoms. The number of anilines is 1. The second kappa shape index (κ2) is 10.2. The van der Waals surface area contributed by atoms with Crippen LogP contribution in [0, 0.1) is 11.8 Å². The lowest BCUT2D eigenvalue weighted by molar-refractivity contribution is -0.139. The van der Waals surface area contributed by atoms with E-state index >= 15 is 0 Å². The summed E-state index contributed by atoms with van der Waals surface area (Å²) < 4.78 is 105. The molecule has 1 aromatic heterocycles. The van der Waals surface area contributed by atoms with Crippen LogP contribution in [0.15, 0.2) is 22.5 Å². The molecule has 1 aromatic carbocycles. The van der Waals surface area contributed by atoms with Crippen molar-refractivity contribution in [2.24, 2.45) is 11.8 Å². The number of hydrogen-bond acceptors (Lipinski definition) is 7. The van der Waals surface area contributed by atoms with Crippen molar-refractivity contribution in [3.63, 3.8) is 0 Å². The number of aromatic nitrogens is 1. The molecule has 3 aliphatic rings. The van der Waals surface area contributed by atoms with Gasteiger partial charge in [-0.05, 0) is 57.3 Å². The van der Waals surface area contributed by atoms with Gasteiger partial charge in [-0.3, -0.25) is 0 Å². The fourth-order valence-corrected chi connectivity index (χ4v) is 7.35. The van der Waals surface area contributed by atoms with Crippen LogP contribution in [-0.2, 0) is 12.8 Å². The third-order valence-electron chi connectivity index (χ3n) is 7.82. The Morgan fingerprint density at radius 2 is 1.88 bits per heavy atom. The standard InChI is InChI=1S/C25H26F7N3O3S2/c1-23(26,27)4-3-12-9-35(13-5-14-15(6-13)24(14,28)29)17-7-16(25(30,31)32)18(8-19(17)40-34(12)2)38-10-20-21(22(36)37)33-11-39-20/h7-8,11-15H,3-6,9-10H2,1-2H3,(H,36,37). The molecule has 0 spiro atoms. The van der Waals surface area contributed by atoms with Crippen LogP contribution in [0.4, 0.5) is 36.4 Å². The van der Waals surface area contributed by atoms with E-state index in [0.717, 1.165) is 36.3 Å². The highest BCUT2D eigenvalue weighted by Crippen LogP contribution is 2.65. The number of alkyl halides is 7. The monoisotopic (exact) mass is 613 g/mol. The molecule has 3 atom stereocenters. The maximum atomic E-state index is 14.3. The Hall–Kier alpha value is -2.26. The SMILES string of the molecule is CN1Sc2cc(OCc3scnc3C(=O)O)c(C(F)(F)F)cc2N(C2CC3C(C2)C3(F)F)CC1CCC(C)(F)F. The van der Waals surface area contributed by atoms with E-state index in [-0.39, 0.29) is 42.1 Å². The lowest BCUT2D eigenvalue weighted by atomic mass is 10.0. The molecule has 0 saturated heterocycles. The molecule has 15 heteroatoms. The predicted octanol–water partition coefficient (Wildman–Crippen LogP) is 7.05. The van der Waals surface area contributed by atoms with Crippen molar-refractivity contribution < 1.29 is 45.4 Å². The fourth-order valence-electron chi connectivity index (χ4n) is 5.63. The minimum atomic E-state index is -4.85. The van der Waals surface area contributed by atoms with Gasteiger partial charge in [-0.2, -0.15) is 13.2 Å². The first kappa shape index (κ1) is 29.2. The summed E-state index contributed by atoms with van der Waals surface area (Å²) in [6, 6.07) is 1.17. The molecule has 2 heterocycles. The average Bonchev–Trinajstić information content (AvgIpc) is 3.25. The Morgan fingerprint density at radius 3 is 2.48 bits per heavy atom. The van der Waals surface area contributed by atoms with Gasteiger partial charge in [0.2, 0.25) is 5.92 Å². The lowest BCUT2D eigenvalue weighted by Crippen LogP contribution is -2.44. The number of ether oxygens (including phenoxy) is 1. The molecule has 1 N–H and O–H groups in total. The molecule has 2 saturated carbocycles. The zero-order valence-corrected chi connectivity index (χ0v) is 23.0. The van der Waals surface area contributed by atoms with Crippen LogP contribution >= 0.6 is 23.3 Å². The summed E-state index contributed by atoms with van der Waals surface area (Å²) in [5, 5.41) is 9.26. The smallest absolute Gasteiger partial charge is 0.420 e. The molecule has 2 fully saturated rings. The van der Waals surface area contributed by atoms with Gasteiger partial charge in [-0.25, -0.2) is 31.6 Å². The first-order valence-electron chi connectivity index (χ1n) is 12.5. The largest absolute Gasteiger partial charge is 0.487 e. The molecule has 1 aliphatic heterocycles. The second-order valence-electron chi connectivity index (χ2n) is 10.6. The molecule has 0 amide bonds. The van der Waals surface area contributed by atoms with Gasteiger partial charge in [-0.1, -0.05) is 0 Å². The van der Waals surface area contributed by atoms with Gasteiger partial charge in [0.1, 0.15) is 12.4 Å². The number of carboxylic acids is 1. The summed E-state index contributed by atoms with van der Waals surface area (Å²) in [5.41, 5.74) is 0.0111. The zero-order chi connectivity index (χ0) is 29.2. The summed E-state index contributed by atoms with van der Waals surface area (Å²) in [6.45, 7) is 0.435. The van der Waals surface area contributed by atoms with E-state index in [1.807, 2.05) is 0 Å². The number of carbonyl (C=O) groups is 1. The van der Waals surface area contributed by atoms with E-state index in [0.29, 0.717) is 4.90 Å². The summed E-state index contributed by atoms with van der Waals surface area (Å²) >= 11 is 2.01. The molecule has 5 rings (SSSR count). The van der Waals surface area contributed by atoms with Crippen molar-refractivity contribution in [1.82, 2.24) is 9.29 Å². The Morgan fingerprint density at radius 1 is 1.20 bits per heavy atom. The molecular weight excluding hydrogens is 587 g/mol. The second-order valence-corrected chi connectivity index (χ2v) is 12.7. The molecule has 0 radical (unpaired) electrons. The number of thiazole rings is 1. The number of halogens is 7. The fraction of sp³-hybridized carbons (Fsp3) is 0.600. The van der Waals surface area contributed by atoms with Crippen molar-refractivity contribution in [2.75, 3.05) is 18.5 Å². The topological polar surface area (TPSA) is 65.9 Å². The molecular formula is C25H26F7N3O3S2.